The molecule has 0 spiro atoms. The fourth-order valence-electron chi connectivity index (χ4n) is 2.70. The number of sulfone groups is 1. The average molecular weight is 286 g/mol. The van der Waals surface area contributed by atoms with Gasteiger partial charge in [0.1, 0.15) is 5.82 Å². The Labute approximate surface area is 113 Å². The Morgan fingerprint density at radius 2 is 1.89 bits per heavy atom. The molecule has 3 atom stereocenters. The second kappa shape index (κ2) is 5.59. The Bertz CT molecular complexity index is 524. The molecule has 0 saturated heterocycles. The first-order chi connectivity index (χ1) is 8.95. The lowest BCUT2D eigenvalue weighted by Crippen LogP contribution is -2.39. The number of aliphatic hydroxyl groups excluding tert-OH is 1. The Morgan fingerprint density at radius 3 is 2.47 bits per heavy atom. The standard InChI is InChI=1S/C14H19FO3S/c1-2-10-3-8-13(16)14(9-10)19(17,18)12-6-4-11(15)5-7-12/h4-7,10,13-14,16H,2-3,8-9H2,1H3. The second-order valence-corrected chi connectivity index (χ2v) is 7.36. The summed E-state index contributed by atoms with van der Waals surface area (Å²) < 4.78 is 37.8. The fourth-order valence-corrected chi connectivity index (χ4v) is 4.64. The van der Waals surface area contributed by atoms with Crippen LogP contribution in [-0.4, -0.2) is 24.9 Å². The number of rotatable bonds is 3. The van der Waals surface area contributed by atoms with Gasteiger partial charge in [-0.05, 0) is 49.4 Å². The van der Waals surface area contributed by atoms with Gasteiger partial charge in [0.25, 0.3) is 0 Å². The molecule has 1 aromatic carbocycles. The zero-order valence-electron chi connectivity index (χ0n) is 10.9. The fraction of sp³-hybridized carbons (Fsp3) is 0.571. The molecule has 1 aliphatic rings. The summed E-state index contributed by atoms with van der Waals surface area (Å²) in [5.41, 5.74) is 0. The van der Waals surface area contributed by atoms with Crippen molar-refractivity contribution in [3.05, 3.63) is 30.1 Å². The van der Waals surface area contributed by atoms with Gasteiger partial charge in [-0.3, -0.25) is 0 Å². The van der Waals surface area contributed by atoms with E-state index in [0.29, 0.717) is 18.8 Å². The van der Waals surface area contributed by atoms with Crippen LogP contribution < -0.4 is 0 Å². The minimum Gasteiger partial charge on any atom is -0.392 e. The van der Waals surface area contributed by atoms with Gasteiger partial charge in [-0.2, -0.15) is 0 Å². The summed E-state index contributed by atoms with van der Waals surface area (Å²) in [6.07, 6.45) is 1.97. The van der Waals surface area contributed by atoms with Crippen LogP contribution >= 0.6 is 0 Å². The van der Waals surface area contributed by atoms with Crippen molar-refractivity contribution in [3.63, 3.8) is 0 Å². The topological polar surface area (TPSA) is 54.4 Å². The van der Waals surface area contributed by atoms with E-state index in [9.17, 15) is 17.9 Å². The van der Waals surface area contributed by atoms with Crippen molar-refractivity contribution in [1.29, 1.82) is 0 Å². The molecule has 3 nitrogen and oxygen atoms in total. The third-order valence-corrected chi connectivity index (χ3v) is 6.22. The largest absolute Gasteiger partial charge is 0.392 e. The molecule has 2 rings (SSSR count). The van der Waals surface area contributed by atoms with Gasteiger partial charge in [0.05, 0.1) is 16.2 Å². The molecule has 0 radical (unpaired) electrons. The third-order valence-electron chi connectivity index (χ3n) is 3.98. The van der Waals surface area contributed by atoms with E-state index in [4.69, 9.17) is 0 Å². The summed E-state index contributed by atoms with van der Waals surface area (Å²) in [7, 11) is -3.59. The molecule has 19 heavy (non-hydrogen) atoms. The van der Waals surface area contributed by atoms with E-state index >= 15 is 0 Å². The smallest absolute Gasteiger partial charge is 0.183 e. The van der Waals surface area contributed by atoms with Crippen LogP contribution in [0.15, 0.2) is 29.2 Å². The Kier molecular flexibility index (Phi) is 4.26. The molecule has 1 N–H and O–H groups in total. The molecule has 1 saturated carbocycles. The number of hydrogen-bond donors (Lipinski definition) is 1. The Hall–Kier alpha value is -0.940. The van der Waals surface area contributed by atoms with Crippen LogP contribution in [0.2, 0.25) is 0 Å². The molecule has 5 heteroatoms. The molecule has 0 aromatic heterocycles. The minimum absolute atomic E-state index is 0.0923. The van der Waals surface area contributed by atoms with Crippen LogP contribution in [0, 0.1) is 11.7 Å². The van der Waals surface area contributed by atoms with Gasteiger partial charge in [-0.15, -0.1) is 0 Å². The molecule has 0 bridgehead atoms. The molecule has 1 aliphatic carbocycles. The van der Waals surface area contributed by atoms with Crippen LogP contribution in [0.3, 0.4) is 0 Å². The highest BCUT2D eigenvalue weighted by Crippen LogP contribution is 2.33. The number of aliphatic hydroxyl groups is 1. The van der Waals surface area contributed by atoms with Crippen LogP contribution in [-0.2, 0) is 9.84 Å². The quantitative estimate of drug-likeness (QED) is 0.869. The molecule has 1 aromatic rings. The van der Waals surface area contributed by atoms with Crippen LogP contribution in [0.1, 0.15) is 32.6 Å². The van der Waals surface area contributed by atoms with E-state index in [-0.39, 0.29) is 4.90 Å². The summed E-state index contributed by atoms with van der Waals surface area (Å²) in [5.74, 6) is -0.127. The zero-order valence-corrected chi connectivity index (χ0v) is 11.7. The van der Waals surface area contributed by atoms with E-state index in [0.717, 1.165) is 25.0 Å². The molecule has 1 fully saturated rings. The lowest BCUT2D eigenvalue weighted by atomic mass is 9.85. The lowest BCUT2D eigenvalue weighted by molar-refractivity contribution is 0.111. The molecular formula is C14H19FO3S. The summed E-state index contributed by atoms with van der Waals surface area (Å²) in [4.78, 5) is 0.0923. The van der Waals surface area contributed by atoms with Gasteiger partial charge < -0.3 is 5.11 Å². The molecule has 106 valence electrons. The van der Waals surface area contributed by atoms with E-state index < -0.39 is 27.0 Å². The van der Waals surface area contributed by atoms with Gasteiger partial charge in [-0.25, -0.2) is 12.8 Å². The SMILES string of the molecule is CCC1CCC(O)C(S(=O)(=O)c2ccc(F)cc2)C1. The van der Waals surface area contributed by atoms with E-state index in [1.165, 1.54) is 12.1 Å². The maximum Gasteiger partial charge on any atom is 0.183 e. The number of halogens is 1. The van der Waals surface area contributed by atoms with E-state index in [2.05, 4.69) is 0 Å². The average Bonchev–Trinajstić information content (AvgIpc) is 2.39. The summed E-state index contributed by atoms with van der Waals surface area (Å²) in [5, 5.41) is 9.21. The third kappa shape index (κ3) is 2.98. The van der Waals surface area contributed by atoms with E-state index in [1.54, 1.807) is 0 Å². The maximum absolute atomic E-state index is 12.9. The summed E-state index contributed by atoms with van der Waals surface area (Å²) >= 11 is 0. The van der Waals surface area contributed by atoms with Crippen molar-refractivity contribution in [2.24, 2.45) is 5.92 Å². The highest BCUT2D eigenvalue weighted by atomic mass is 32.2. The molecule has 0 amide bonds. The van der Waals surface area contributed by atoms with Gasteiger partial charge in [0.2, 0.25) is 0 Å². The van der Waals surface area contributed by atoms with Crippen molar-refractivity contribution in [2.75, 3.05) is 0 Å². The zero-order chi connectivity index (χ0) is 14.0. The normalized spacial score (nSPS) is 28.3. The summed E-state index contributed by atoms with van der Waals surface area (Å²) in [6.45, 7) is 2.03. The predicted octanol–water partition coefficient (Wildman–Crippen LogP) is 2.54. The maximum atomic E-state index is 12.9. The number of hydrogen-bond acceptors (Lipinski definition) is 3. The van der Waals surface area contributed by atoms with Gasteiger partial charge >= 0.3 is 0 Å². The predicted molar refractivity (Wildman–Crippen MR) is 71.0 cm³/mol. The molecule has 3 unspecified atom stereocenters. The molecule has 0 heterocycles. The summed E-state index contributed by atoms with van der Waals surface area (Å²) in [6, 6.07) is 4.82. The first kappa shape index (κ1) is 14.5. The van der Waals surface area contributed by atoms with Crippen molar-refractivity contribution >= 4 is 9.84 Å². The van der Waals surface area contributed by atoms with Gasteiger partial charge in [-0.1, -0.05) is 13.3 Å². The van der Waals surface area contributed by atoms with Gasteiger partial charge in [0.15, 0.2) is 9.84 Å². The molecule has 0 aliphatic heterocycles. The van der Waals surface area contributed by atoms with Crippen LogP contribution in [0.4, 0.5) is 4.39 Å². The van der Waals surface area contributed by atoms with Crippen molar-refractivity contribution in [2.45, 2.75) is 48.9 Å². The Morgan fingerprint density at radius 1 is 1.26 bits per heavy atom. The lowest BCUT2D eigenvalue weighted by Gasteiger charge is -2.32. The second-order valence-electron chi connectivity index (χ2n) is 5.19. The van der Waals surface area contributed by atoms with Crippen LogP contribution in [0.5, 0.6) is 0 Å². The first-order valence-electron chi connectivity index (χ1n) is 6.62. The van der Waals surface area contributed by atoms with Crippen LogP contribution in [0.25, 0.3) is 0 Å². The van der Waals surface area contributed by atoms with Crippen molar-refractivity contribution in [1.82, 2.24) is 0 Å². The highest BCUT2D eigenvalue weighted by molar-refractivity contribution is 7.92. The van der Waals surface area contributed by atoms with Crippen molar-refractivity contribution < 1.29 is 17.9 Å². The first-order valence-corrected chi connectivity index (χ1v) is 8.17. The van der Waals surface area contributed by atoms with Gasteiger partial charge in [0, 0.05) is 0 Å². The molecular weight excluding hydrogens is 267 g/mol. The number of benzene rings is 1. The minimum atomic E-state index is -3.59. The Balaban J connectivity index is 2.29. The highest BCUT2D eigenvalue weighted by Gasteiger charge is 2.38. The van der Waals surface area contributed by atoms with Crippen molar-refractivity contribution in [3.8, 4) is 0 Å². The monoisotopic (exact) mass is 286 g/mol. The van der Waals surface area contributed by atoms with E-state index in [1.807, 2.05) is 6.92 Å².